The van der Waals surface area contributed by atoms with Gasteiger partial charge in [0.1, 0.15) is 29.9 Å². The van der Waals surface area contributed by atoms with Gasteiger partial charge in [-0.1, -0.05) is 5.16 Å². The molecule has 1 aromatic heterocycles. The summed E-state index contributed by atoms with van der Waals surface area (Å²) in [6.45, 7) is 2.15. The van der Waals surface area contributed by atoms with Gasteiger partial charge in [0, 0.05) is 10.9 Å². The summed E-state index contributed by atoms with van der Waals surface area (Å²) in [5.74, 6) is -3.45. The second-order valence-corrected chi connectivity index (χ2v) is 10.3. The van der Waals surface area contributed by atoms with Crippen molar-refractivity contribution in [3.8, 4) is 5.75 Å². The number of thiazole rings is 1. The van der Waals surface area contributed by atoms with Gasteiger partial charge >= 0.3 is 16.4 Å². The van der Waals surface area contributed by atoms with E-state index in [0.29, 0.717) is 10.6 Å². The topological polar surface area (TPSA) is 270 Å². The molecule has 2 amide bonds. The van der Waals surface area contributed by atoms with Crippen molar-refractivity contribution in [1.29, 1.82) is 5.41 Å². The van der Waals surface area contributed by atoms with E-state index in [9.17, 15) is 27.9 Å². The number of carboxylic acid groups (broad SMARTS) is 1. The number of carboxylic acids is 1. The second-order valence-electron chi connectivity index (χ2n) is 8.39. The molecule has 2 heterocycles. The normalized spacial score (nSPS) is 17.6. The average Bonchev–Trinajstić information content (AvgIpc) is 3.28. The fraction of sp³-hybridized carbons (Fsp3) is 0.300. The molecule has 39 heavy (non-hydrogen) atoms. The molecule has 0 saturated carbocycles. The van der Waals surface area contributed by atoms with Crippen LogP contribution in [0.25, 0.3) is 0 Å². The fourth-order valence-corrected chi connectivity index (χ4v) is 4.19. The summed E-state index contributed by atoms with van der Waals surface area (Å²) in [6.07, 6.45) is -1.70. The number of nitrogens with two attached hydrogens (primary N) is 2. The van der Waals surface area contributed by atoms with Crippen molar-refractivity contribution in [1.82, 2.24) is 15.4 Å². The number of rotatable bonds is 12. The summed E-state index contributed by atoms with van der Waals surface area (Å²) >= 11 is 0.943. The lowest BCUT2D eigenvalue weighted by Crippen LogP contribution is -2.76. The molecular weight excluding hydrogens is 562 g/mol. The first-order valence-corrected chi connectivity index (χ1v) is 12.9. The Morgan fingerprint density at radius 1 is 1.33 bits per heavy atom. The van der Waals surface area contributed by atoms with E-state index in [1.807, 2.05) is 0 Å². The summed E-state index contributed by atoms with van der Waals surface area (Å²) < 4.78 is 40.5. The molecule has 8 N–H and O–H groups in total. The summed E-state index contributed by atoms with van der Waals surface area (Å²) in [4.78, 5) is 46.1. The van der Waals surface area contributed by atoms with Gasteiger partial charge in [-0.05, 0) is 38.1 Å². The largest absolute Gasteiger partial charge is 0.489 e. The van der Waals surface area contributed by atoms with Crippen molar-refractivity contribution in [3.63, 3.8) is 0 Å². The van der Waals surface area contributed by atoms with Crippen LogP contribution in [0.3, 0.4) is 0 Å². The quantitative estimate of drug-likeness (QED) is 0.0580. The number of amides is 2. The van der Waals surface area contributed by atoms with Crippen molar-refractivity contribution in [2.24, 2.45) is 10.9 Å². The van der Waals surface area contributed by atoms with Crippen LogP contribution in [0.2, 0.25) is 0 Å². The fourth-order valence-electron chi connectivity index (χ4n) is 3.19. The molecule has 0 aliphatic carbocycles. The zero-order valence-corrected chi connectivity index (χ0v) is 21.9. The Balaban J connectivity index is 1.76. The molecule has 210 valence electrons. The third-order valence-corrected chi connectivity index (χ3v) is 6.23. The van der Waals surface area contributed by atoms with Crippen LogP contribution < -0.4 is 21.5 Å². The number of ether oxygens (including phenoxy) is 1. The Kier molecular flexibility index (Phi) is 8.39. The smallest absolute Gasteiger partial charge is 0.418 e. The van der Waals surface area contributed by atoms with Gasteiger partial charge in [-0.15, -0.1) is 15.6 Å². The maximum atomic E-state index is 13.0. The van der Waals surface area contributed by atoms with Gasteiger partial charge < -0.3 is 31.5 Å². The van der Waals surface area contributed by atoms with Gasteiger partial charge in [0.05, 0.1) is 5.54 Å². The van der Waals surface area contributed by atoms with E-state index in [2.05, 4.69) is 19.7 Å². The van der Waals surface area contributed by atoms with Crippen LogP contribution in [0, 0.1) is 5.41 Å². The minimum Gasteiger partial charge on any atom is -0.489 e. The number of β-lactam (4-membered cyclic amide) rings is 1. The Morgan fingerprint density at radius 3 is 2.46 bits per heavy atom. The van der Waals surface area contributed by atoms with Gasteiger partial charge in [-0.3, -0.25) is 19.6 Å². The Labute approximate surface area is 224 Å². The number of carbonyl (C=O) groups is 3. The first-order valence-electron chi connectivity index (χ1n) is 10.7. The van der Waals surface area contributed by atoms with Crippen molar-refractivity contribution in [2.45, 2.75) is 31.5 Å². The molecule has 0 radical (unpaired) electrons. The van der Waals surface area contributed by atoms with E-state index in [4.69, 9.17) is 31.0 Å². The number of aromatic nitrogens is 1. The van der Waals surface area contributed by atoms with Crippen LogP contribution in [0.15, 0.2) is 34.8 Å². The number of benzene rings is 1. The number of nitrogen functional groups attached to an aromatic ring is 2. The SMILES string of the molecule is CC1(C)[C@H](NC(=O)/C(=N\O[C@H](COc2ccc(C(=N)N)cc2)C(=O)O)c2csc(N)n2)C(=O)N1OS(=O)(=O)O. The zero-order chi connectivity index (χ0) is 29.1. The maximum absolute atomic E-state index is 13.0. The number of anilines is 1. The third-order valence-electron chi connectivity index (χ3n) is 5.21. The van der Waals surface area contributed by atoms with Gasteiger partial charge in [0.15, 0.2) is 10.8 Å². The molecule has 1 aromatic carbocycles. The van der Waals surface area contributed by atoms with E-state index >= 15 is 0 Å². The van der Waals surface area contributed by atoms with Gasteiger partial charge in [-0.25, -0.2) is 9.78 Å². The molecule has 17 nitrogen and oxygen atoms in total. The van der Waals surface area contributed by atoms with E-state index in [1.165, 1.54) is 43.5 Å². The standard InChI is InChI=1S/C20H23N7O10S2/c1-20(2)14(17(29)27(20)37-39(32,33)34)25-16(28)13(11-8-38-19(23)24-11)26-36-12(18(30)31)7-35-10-5-3-9(4-6-10)15(21)22/h3-6,8,12,14H,7H2,1-2H3,(H3,21,22)(H2,23,24)(H,25,28)(H,30,31)(H,32,33,34)/b26-13-/t12-,14-/m1/s1. The molecule has 1 saturated heterocycles. The molecule has 1 aliphatic heterocycles. The lowest BCUT2D eigenvalue weighted by atomic mass is 9.84. The summed E-state index contributed by atoms with van der Waals surface area (Å²) in [7, 11) is -5.01. The Morgan fingerprint density at radius 2 is 1.97 bits per heavy atom. The molecule has 3 rings (SSSR count). The number of amidine groups is 1. The third kappa shape index (κ3) is 6.96. The van der Waals surface area contributed by atoms with Crippen LogP contribution in [0.1, 0.15) is 25.1 Å². The summed E-state index contributed by atoms with van der Waals surface area (Å²) in [5.41, 5.74) is 9.37. The number of nitrogens with zero attached hydrogens (tertiary/aromatic N) is 3. The van der Waals surface area contributed by atoms with Crippen molar-refractivity contribution >= 4 is 56.2 Å². The highest BCUT2D eigenvalue weighted by atomic mass is 32.3. The lowest BCUT2D eigenvalue weighted by Gasteiger charge is -2.50. The first-order chi connectivity index (χ1) is 18.1. The van der Waals surface area contributed by atoms with Gasteiger partial charge in [0.25, 0.3) is 17.9 Å². The van der Waals surface area contributed by atoms with Crippen molar-refractivity contribution in [2.75, 3.05) is 12.3 Å². The van der Waals surface area contributed by atoms with Gasteiger partial charge in [0.2, 0.25) is 0 Å². The average molecular weight is 586 g/mol. The second kappa shape index (κ2) is 11.2. The predicted octanol–water partition coefficient (Wildman–Crippen LogP) is -0.898. The number of aliphatic carboxylic acids is 1. The lowest BCUT2D eigenvalue weighted by molar-refractivity contribution is -0.218. The molecule has 0 bridgehead atoms. The summed E-state index contributed by atoms with van der Waals surface area (Å²) in [5, 5.41) is 24.6. The highest BCUT2D eigenvalue weighted by Gasteiger charge is 2.58. The monoisotopic (exact) mass is 585 g/mol. The Bertz CT molecular complexity index is 1420. The highest BCUT2D eigenvalue weighted by molar-refractivity contribution is 7.80. The van der Waals surface area contributed by atoms with E-state index in [1.54, 1.807) is 0 Å². The minimum atomic E-state index is -5.01. The maximum Gasteiger partial charge on any atom is 0.418 e. The van der Waals surface area contributed by atoms with E-state index in [-0.39, 0.29) is 22.4 Å². The molecule has 2 aromatic rings. The van der Waals surface area contributed by atoms with Crippen molar-refractivity contribution in [3.05, 3.63) is 40.9 Å². The first kappa shape index (κ1) is 29.2. The molecule has 1 fully saturated rings. The Hall–Kier alpha value is -4.33. The molecule has 1 aliphatic rings. The highest BCUT2D eigenvalue weighted by Crippen LogP contribution is 2.33. The van der Waals surface area contributed by atoms with Crippen LogP contribution in [-0.2, 0) is 33.9 Å². The number of hydrogen-bond donors (Lipinski definition) is 6. The molecule has 0 unspecified atom stereocenters. The number of hydrogen-bond acceptors (Lipinski definition) is 13. The number of hydroxylamine groups is 2. The van der Waals surface area contributed by atoms with Crippen LogP contribution >= 0.6 is 11.3 Å². The molecule has 0 spiro atoms. The van der Waals surface area contributed by atoms with Crippen LogP contribution in [-0.4, -0.2) is 81.7 Å². The predicted molar refractivity (Wildman–Crippen MR) is 134 cm³/mol. The zero-order valence-electron chi connectivity index (χ0n) is 20.2. The number of nitrogens with one attached hydrogen (secondary N) is 2. The minimum absolute atomic E-state index is 0.0467. The molecular formula is C20H23N7O10S2. The van der Waals surface area contributed by atoms with E-state index in [0.717, 1.165) is 11.3 Å². The number of oxime groups is 1. The van der Waals surface area contributed by atoms with Gasteiger partial charge in [-0.2, -0.15) is 13.5 Å². The van der Waals surface area contributed by atoms with Crippen molar-refractivity contribution < 1.29 is 46.3 Å². The van der Waals surface area contributed by atoms with E-state index < -0.39 is 58.2 Å². The summed E-state index contributed by atoms with van der Waals surface area (Å²) in [6, 6.07) is 4.58. The van der Waals surface area contributed by atoms with Crippen LogP contribution in [0.4, 0.5) is 5.13 Å². The van der Waals surface area contributed by atoms with Crippen LogP contribution in [0.5, 0.6) is 5.75 Å². The molecule has 19 heteroatoms. The number of carbonyl (C=O) groups excluding carboxylic acids is 2. The molecule has 2 atom stereocenters.